The van der Waals surface area contributed by atoms with Gasteiger partial charge in [0.1, 0.15) is 18.2 Å². The molecule has 0 spiro atoms. The monoisotopic (exact) mass is 323 g/mol. The minimum absolute atomic E-state index is 0.0474. The van der Waals surface area contributed by atoms with Gasteiger partial charge in [0.25, 0.3) is 0 Å². The predicted molar refractivity (Wildman–Crippen MR) is 89.1 cm³/mol. The topological polar surface area (TPSA) is 47.9 Å². The molecule has 2 aromatic carbocycles. The van der Waals surface area contributed by atoms with Crippen molar-refractivity contribution < 1.29 is 18.7 Å². The molecule has 0 saturated carbocycles. The Bertz CT molecular complexity index is 855. The van der Waals surface area contributed by atoms with E-state index >= 15 is 0 Å². The van der Waals surface area contributed by atoms with Crippen LogP contribution in [0.1, 0.15) is 11.1 Å². The van der Waals surface area contributed by atoms with Crippen molar-refractivity contribution in [2.24, 2.45) is 4.99 Å². The highest BCUT2D eigenvalue weighted by molar-refractivity contribution is 6.13. The summed E-state index contributed by atoms with van der Waals surface area (Å²) in [5.41, 5.74) is 0.901. The van der Waals surface area contributed by atoms with Gasteiger partial charge in [-0.25, -0.2) is 14.2 Å². The molecule has 2 aromatic rings. The number of para-hydroxylation sites is 1. The zero-order valence-electron chi connectivity index (χ0n) is 12.7. The number of nitrogens with zero attached hydrogens (tertiary/aromatic N) is 1. The Hall–Kier alpha value is -3.21. The number of cyclic esters (lactones) is 1. The number of esters is 1. The van der Waals surface area contributed by atoms with Crippen molar-refractivity contribution in [2.45, 2.75) is 0 Å². The molecule has 0 radical (unpaired) electrons. The quantitative estimate of drug-likeness (QED) is 0.478. The molecule has 3 rings (SSSR count). The number of benzene rings is 2. The highest BCUT2D eigenvalue weighted by Gasteiger charge is 2.26. The van der Waals surface area contributed by atoms with E-state index in [1.165, 1.54) is 12.1 Å². The van der Waals surface area contributed by atoms with Crippen molar-refractivity contribution in [3.05, 3.63) is 83.8 Å². The van der Waals surface area contributed by atoms with Crippen LogP contribution in [0.3, 0.4) is 0 Å². The second-order valence-corrected chi connectivity index (χ2v) is 4.95. The summed E-state index contributed by atoms with van der Waals surface area (Å²) in [7, 11) is 0. The Morgan fingerprint density at radius 1 is 1.17 bits per heavy atom. The molecular weight excluding hydrogens is 309 g/mol. The van der Waals surface area contributed by atoms with Gasteiger partial charge >= 0.3 is 5.97 Å². The molecule has 0 amide bonds. The third-order valence-corrected chi connectivity index (χ3v) is 3.29. The van der Waals surface area contributed by atoms with Crippen molar-refractivity contribution in [3.63, 3.8) is 0 Å². The van der Waals surface area contributed by atoms with Crippen LogP contribution in [0.5, 0.6) is 5.75 Å². The van der Waals surface area contributed by atoms with E-state index in [9.17, 15) is 9.18 Å². The van der Waals surface area contributed by atoms with Crippen molar-refractivity contribution >= 4 is 17.9 Å². The number of hydrogen-bond donors (Lipinski definition) is 0. The number of halogens is 1. The van der Waals surface area contributed by atoms with E-state index in [1.54, 1.807) is 36.4 Å². The fourth-order valence-electron chi connectivity index (χ4n) is 2.19. The van der Waals surface area contributed by atoms with Crippen molar-refractivity contribution in [1.82, 2.24) is 0 Å². The predicted octanol–water partition coefficient (Wildman–Crippen LogP) is 3.74. The van der Waals surface area contributed by atoms with Crippen molar-refractivity contribution in [3.8, 4) is 5.75 Å². The lowest BCUT2D eigenvalue weighted by atomic mass is 10.1. The molecule has 24 heavy (non-hydrogen) atoms. The summed E-state index contributed by atoms with van der Waals surface area (Å²) in [4.78, 5) is 16.1. The van der Waals surface area contributed by atoms with Gasteiger partial charge in [0.15, 0.2) is 5.70 Å². The lowest BCUT2D eigenvalue weighted by Crippen LogP contribution is -2.07. The zero-order valence-corrected chi connectivity index (χ0v) is 12.7. The van der Waals surface area contributed by atoms with Gasteiger partial charge in [-0.3, -0.25) is 0 Å². The molecule has 0 aliphatic carbocycles. The summed E-state index contributed by atoms with van der Waals surface area (Å²) in [6.07, 6.45) is 3.18. The molecule has 0 N–H and O–H groups in total. The first-order valence-electron chi connectivity index (χ1n) is 7.29. The first kappa shape index (κ1) is 15.7. The van der Waals surface area contributed by atoms with Gasteiger partial charge in [-0.05, 0) is 24.3 Å². The lowest BCUT2D eigenvalue weighted by molar-refractivity contribution is -0.129. The first-order valence-corrected chi connectivity index (χ1v) is 7.29. The van der Waals surface area contributed by atoms with Crippen LogP contribution in [0.15, 0.2) is 71.9 Å². The Morgan fingerprint density at radius 2 is 1.92 bits per heavy atom. The van der Waals surface area contributed by atoms with Crippen LogP contribution in [-0.4, -0.2) is 18.5 Å². The maximum atomic E-state index is 13.8. The smallest absolute Gasteiger partial charge is 0.363 e. The van der Waals surface area contributed by atoms with Crippen LogP contribution in [0.4, 0.5) is 4.39 Å². The van der Waals surface area contributed by atoms with Crippen LogP contribution in [0.25, 0.3) is 6.08 Å². The molecule has 0 bridgehead atoms. The second kappa shape index (κ2) is 6.91. The van der Waals surface area contributed by atoms with Crippen LogP contribution in [0, 0.1) is 5.82 Å². The number of aliphatic imine (C=N–C) groups is 1. The molecule has 0 unspecified atom stereocenters. The van der Waals surface area contributed by atoms with E-state index in [0.29, 0.717) is 17.9 Å². The van der Waals surface area contributed by atoms with Gasteiger partial charge in [-0.1, -0.05) is 43.0 Å². The minimum atomic E-state index is -0.633. The fraction of sp³-hybridized carbons (Fsp3) is 0.0526. The molecule has 1 heterocycles. The largest absolute Gasteiger partial charge is 0.489 e. The summed E-state index contributed by atoms with van der Waals surface area (Å²) >= 11 is 0. The van der Waals surface area contributed by atoms with E-state index in [2.05, 4.69) is 11.6 Å². The molecule has 5 heteroatoms. The normalized spacial score (nSPS) is 15.1. The number of ether oxygens (including phenoxy) is 2. The Labute approximate surface area is 138 Å². The Morgan fingerprint density at radius 3 is 2.71 bits per heavy atom. The van der Waals surface area contributed by atoms with E-state index in [1.807, 2.05) is 12.1 Å². The van der Waals surface area contributed by atoms with Gasteiger partial charge in [0, 0.05) is 5.56 Å². The number of rotatable bonds is 5. The third-order valence-electron chi connectivity index (χ3n) is 3.29. The van der Waals surface area contributed by atoms with Gasteiger partial charge in [0.05, 0.1) is 5.56 Å². The molecule has 1 aliphatic rings. The highest BCUT2D eigenvalue weighted by Crippen LogP contribution is 2.25. The molecule has 0 saturated heterocycles. The highest BCUT2D eigenvalue weighted by atomic mass is 19.1. The maximum absolute atomic E-state index is 13.8. The van der Waals surface area contributed by atoms with E-state index < -0.39 is 11.8 Å². The maximum Gasteiger partial charge on any atom is 0.363 e. The SMILES string of the molecule is C=CCOc1ccccc1C=C1N=C(c2ccccc2F)OC1=O. The molecular formula is C19H14FNO3. The van der Waals surface area contributed by atoms with Crippen molar-refractivity contribution in [2.75, 3.05) is 6.61 Å². The van der Waals surface area contributed by atoms with Crippen LogP contribution in [0.2, 0.25) is 0 Å². The molecule has 0 fully saturated rings. The van der Waals surface area contributed by atoms with Gasteiger partial charge in [-0.15, -0.1) is 0 Å². The fourth-order valence-corrected chi connectivity index (χ4v) is 2.19. The van der Waals surface area contributed by atoms with Gasteiger partial charge in [0.2, 0.25) is 5.90 Å². The average molecular weight is 323 g/mol. The molecule has 0 atom stereocenters. The van der Waals surface area contributed by atoms with Crippen LogP contribution < -0.4 is 4.74 Å². The average Bonchev–Trinajstić information content (AvgIpc) is 2.95. The summed E-state index contributed by atoms with van der Waals surface area (Å²) in [6, 6.07) is 13.2. The standard InChI is InChI=1S/C19H14FNO3/c1-2-11-23-17-10-6-3-7-13(17)12-16-19(22)24-18(21-16)14-8-4-5-9-15(14)20/h2-10,12H,1,11H2. The van der Waals surface area contributed by atoms with Crippen LogP contribution in [-0.2, 0) is 9.53 Å². The lowest BCUT2D eigenvalue weighted by Gasteiger charge is -2.06. The molecule has 1 aliphatic heterocycles. The summed E-state index contributed by atoms with van der Waals surface area (Å²) in [5, 5.41) is 0. The van der Waals surface area contributed by atoms with E-state index in [0.717, 1.165) is 0 Å². The summed E-state index contributed by atoms with van der Waals surface area (Å²) < 4.78 is 24.4. The molecule has 4 nitrogen and oxygen atoms in total. The van der Waals surface area contributed by atoms with Gasteiger partial charge < -0.3 is 9.47 Å². The summed E-state index contributed by atoms with van der Waals surface area (Å²) in [5.74, 6) is -0.590. The van der Waals surface area contributed by atoms with Crippen LogP contribution >= 0.6 is 0 Å². The Balaban J connectivity index is 1.95. The zero-order chi connectivity index (χ0) is 16.9. The molecule has 0 aromatic heterocycles. The van der Waals surface area contributed by atoms with Crippen molar-refractivity contribution in [1.29, 1.82) is 0 Å². The third kappa shape index (κ3) is 3.25. The molecule has 120 valence electrons. The number of carbonyl (C=O) groups excluding carboxylic acids is 1. The summed E-state index contributed by atoms with van der Waals surface area (Å²) in [6.45, 7) is 3.94. The van der Waals surface area contributed by atoms with Gasteiger partial charge in [-0.2, -0.15) is 0 Å². The second-order valence-electron chi connectivity index (χ2n) is 4.95. The Kier molecular flexibility index (Phi) is 4.52. The first-order chi connectivity index (χ1) is 11.7. The van der Waals surface area contributed by atoms with E-state index in [4.69, 9.17) is 9.47 Å². The number of carbonyl (C=O) groups is 1. The van der Waals surface area contributed by atoms with E-state index in [-0.39, 0.29) is 17.2 Å². The number of hydrogen-bond acceptors (Lipinski definition) is 4. The minimum Gasteiger partial charge on any atom is -0.489 e.